The van der Waals surface area contributed by atoms with Gasteiger partial charge in [-0.15, -0.1) is 0 Å². The van der Waals surface area contributed by atoms with Gasteiger partial charge in [0.25, 0.3) is 0 Å². The number of aromatic nitrogens is 3. The van der Waals surface area contributed by atoms with Crippen molar-refractivity contribution in [3.63, 3.8) is 0 Å². The second-order valence-corrected chi connectivity index (χ2v) is 5.46. The molecular formula is C15H12IN3. The van der Waals surface area contributed by atoms with Gasteiger partial charge in [0.2, 0.25) is 0 Å². The molecule has 0 saturated carbocycles. The van der Waals surface area contributed by atoms with Crippen molar-refractivity contribution in [2.45, 2.75) is 6.92 Å². The molecule has 0 radical (unpaired) electrons. The van der Waals surface area contributed by atoms with E-state index in [1.165, 1.54) is 0 Å². The lowest BCUT2D eigenvalue weighted by Crippen LogP contribution is -1.94. The standard InChI is InChI=1S/C15H12IN3/c1-11-7-8-12(9-17-11)15-14(16)10-19(18-15)13-5-3-2-4-6-13/h2-10H,1H3. The molecule has 0 spiro atoms. The van der Waals surface area contributed by atoms with E-state index in [0.717, 1.165) is 26.2 Å². The van der Waals surface area contributed by atoms with E-state index >= 15 is 0 Å². The Morgan fingerprint density at radius 2 is 1.84 bits per heavy atom. The van der Waals surface area contributed by atoms with E-state index in [1.54, 1.807) is 0 Å². The summed E-state index contributed by atoms with van der Waals surface area (Å²) >= 11 is 2.31. The van der Waals surface area contributed by atoms with Crippen molar-refractivity contribution in [2.75, 3.05) is 0 Å². The zero-order chi connectivity index (χ0) is 13.2. The molecule has 3 nitrogen and oxygen atoms in total. The summed E-state index contributed by atoms with van der Waals surface area (Å²) in [5.41, 5.74) is 4.09. The number of benzene rings is 1. The van der Waals surface area contributed by atoms with Crippen LogP contribution < -0.4 is 0 Å². The van der Waals surface area contributed by atoms with Gasteiger partial charge in [-0.2, -0.15) is 5.10 Å². The van der Waals surface area contributed by atoms with Gasteiger partial charge in [0.05, 0.1) is 9.26 Å². The van der Waals surface area contributed by atoms with E-state index in [4.69, 9.17) is 0 Å². The smallest absolute Gasteiger partial charge is 0.108 e. The maximum absolute atomic E-state index is 4.65. The molecule has 0 aliphatic rings. The van der Waals surface area contributed by atoms with Crippen LogP contribution in [0, 0.1) is 10.5 Å². The lowest BCUT2D eigenvalue weighted by atomic mass is 10.2. The molecule has 3 aromatic rings. The van der Waals surface area contributed by atoms with Crippen LogP contribution in [0.2, 0.25) is 0 Å². The van der Waals surface area contributed by atoms with Gasteiger partial charge in [-0.05, 0) is 53.8 Å². The van der Waals surface area contributed by atoms with Crippen molar-refractivity contribution in [2.24, 2.45) is 0 Å². The number of hydrogen-bond donors (Lipinski definition) is 0. The Balaban J connectivity index is 2.05. The average molecular weight is 361 g/mol. The zero-order valence-electron chi connectivity index (χ0n) is 10.4. The topological polar surface area (TPSA) is 30.7 Å². The predicted octanol–water partition coefficient (Wildman–Crippen LogP) is 3.85. The van der Waals surface area contributed by atoms with Crippen molar-refractivity contribution in [1.82, 2.24) is 14.8 Å². The molecular weight excluding hydrogens is 349 g/mol. The number of hydrogen-bond acceptors (Lipinski definition) is 2. The van der Waals surface area contributed by atoms with Crippen LogP contribution >= 0.6 is 22.6 Å². The third-order valence-electron chi connectivity index (χ3n) is 2.88. The Morgan fingerprint density at radius 3 is 2.53 bits per heavy atom. The Kier molecular flexibility index (Phi) is 3.33. The molecule has 4 heteroatoms. The molecule has 0 aliphatic carbocycles. The van der Waals surface area contributed by atoms with Gasteiger partial charge in [0.1, 0.15) is 5.69 Å². The molecule has 19 heavy (non-hydrogen) atoms. The van der Waals surface area contributed by atoms with Gasteiger partial charge < -0.3 is 0 Å². The molecule has 0 atom stereocenters. The minimum absolute atomic E-state index is 0.969. The Labute approximate surface area is 125 Å². The molecule has 0 unspecified atom stereocenters. The molecule has 0 aliphatic heterocycles. The third-order valence-corrected chi connectivity index (χ3v) is 3.66. The number of rotatable bonds is 2. The van der Waals surface area contributed by atoms with E-state index < -0.39 is 0 Å². The molecule has 3 rings (SSSR count). The highest BCUT2D eigenvalue weighted by atomic mass is 127. The van der Waals surface area contributed by atoms with Gasteiger partial charge in [0, 0.05) is 23.7 Å². The van der Waals surface area contributed by atoms with Gasteiger partial charge in [-0.25, -0.2) is 4.68 Å². The van der Waals surface area contributed by atoms with Crippen molar-refractivity contribution >= 4 is 22.6 Å². The van der Waals surface area contributed by atoms with Crippen molar-refractivity contribution < 1.29 is 0 Å². The fraction of sp³-hybridized carbons (Fsp3) is 0.0667. The maximum Gasteiger partial charge on any atom is 0.108 e. The maximum atomic E-state index is 4.65. The summed E-state index contributed by atoms with van der Waals surface area (Å²) in [7, 11) is 0. The Morgan fingerprint density at radius 1 is 1.05 bits per heavy atom. The van der Waals surface area contributed by atoms with Crippen molar-refractivity contribution in [1.29, 1.82) is 0 Å². The molecule has 0 bridgehead atoms. The quantitative estimate of drug-likeness (QED) is 0.650. The lowest BCUT2D eigenvalue weighted by molar-refractivity contribution is 0.883. The molecule has 2 heterocycles. The number of nitrogens with zero attached hydrogens (tertiary/aromatic N) is 3. The van der Waals surface area contributed by atoms with E-state index in [2.05, 4.69) is 38.7 Å². The zero-order valence-corrected chi connectivity index (χ0v) is 12.6. The fourth-order valence-corrected chi connectivity index (χ4v) is 2.55. The second-order valence-electron chi connectivity index (χ2n) is 4.29. The first-order valence-corrected chi connectivity index (χ1v) is 7.05. The monoisotopic (exact) mass is 361 g/mol. The minimum atomic E-state index is 0.969. The van der Waals surface area contributed by atoms with Crippen LogP contribution in [0.3, 0.4) is 0 Å². The SMILES string of the molecule is Cc1ccc(-c2nn(-c3ccccc3)cc2I)cn1. The molecule has 0 fully saturated rings. The molecule has 94 valence electrons. The van der Waals surface area contributed by atoms with E-state index in [9.17, 15) is 0 Å². The number of aryl methyl sites for hydroxylation is 1. The molecule has 2 aromatic heterocycles. The van der Waals surface area contributed by atoms with E-state index in [0.29, 0.717) is 0 Å². The fourth-order valence-electron chi connectivity index (χ4n) is 1.87. The van der Waals surface area contributed by atoms with Gasteiger partial charge in [0.15, 0.2) is 0 Å². The van der Waals surface area contributed by atoms with Crippen LogP contribution in [0.4, 0.5) is 0 Å². The second kappa shape index (κ2) is 5.13. The highest BCUT2D eigenvalue weighted by molar-refractivity contribution is 14.1. The predicted molar refractivity (Wildman–Crippen MR) is 84.2 cm³/mol. The van der Waals surface area contributed by atoms with Gasteiger partial charge in [-0.1, -0.05) is 18.2 Å². The summed E-state index contributed by atoms with van der Waals surface area (Å²) < 4.78 is 3.02. The summed E-state index contributed by atoms with van der Waals surface area (Å²) in [6.07, 6.45) is 3.90. The van der Waals surface area contributed by atoms with Crippen LogP contribution in [-0.2, 0) is 0 Å². The van der Waals surface area contributed by atoms with Gasteiger partial charge in [-0.3, -0.25) is 4.98 Å². The first kappa shape index (κ1) is 12.3. The van der Waals surface area contributed by atoms with Crippen LogP contribution in [0.25, 0.3) is 16.9 Å². The van der Waals surface area contributed by atoms with Crippen LogP contribution in [0.15, 0.2) is 54.9 Å². The molecule has 0 amide bonds. The Bertz CT molecular complexity index is 687. The summed E-state index contributed by atoms with van der Waals surface area (Å²) in [5, 5.41) is 4.65. The molecule has 0 saturated heterocycles. The number of para-hydroxylation sites is 1. The molecule has 1 aromatic carbocycles. The van der Waals surface area contributed by atoms with Crippen molar-refractivity contribution in [3.8, 4) is 16.9 Å². The summed E-state index contributed by atoms with van der Waals surface area (Å²) in [5.74, 6) is 0. The molecule has 0 N–H and O–H groups in total. The van der Waals surface area contributed by atoms with Crippen LogP contribution in [0.1, 0.15) is 5.69 Å². The first-order valence-electron chi connectivity index (χ1n) is 5.97. The lowest BCUT2D eigenvalue weighted by Gasteiger charge is -2.00. The Hall–Kier alpha value is -1.69. The highest BCUT2D eigenvalue weighted by Gasteiger charge is 2.10. The minimum Gasteiger partial charge on any atom is -0.261 e. The third kappa shape index (κ3) is 2.53. The largest absolute Gasteiger partial charge is 0.261 e. The van der Waals surface area contributed by atoms with Crippen LogP contribution in [-0.4, -0.2) is 14.8 Å². The number of pyridine rings is 1. The van der Waals surface area contributed by atoms with Gasteiger partial charge >= 0.3 is 0 Å². The van der Waals surface area contributed by atoms with Crippen molar-refractivity contribution in [3.05, 3.63) is 64.1 Å². The van der Waals surface area contributed by atoms with E-state index in [-0.39, 0.29) is 0 Å². The summed E-state index contributed by atoms with van der Waals surface area (Å²) in [6, 6.07) is 14.2. The highest BCUT2D eigenvalue weighted by Crippen LogP contribution is 2.24. The normalized spacial score (nSPS) is 10.6. The number of halogens is 1. The first-order chi connectivity index (χ1) is 9.24. The van der Waals surface area contributed by atoms with Crippen LogP contribution in [0.5, 0.6) is 0 Å². The summed E-state index contributed by atoms with van der Waals surface area (Å²) in [6.45, 7) is 1.98. The average Bonchev–Trinajstić information content (AvgIpc) is 2.83. The van der Waals surface area contributed by atoms with E-state index in [1.807, 2.05) is 60.4 Å². The summed E-state index contributed by atoms with van der Waals surface area (Å²) in [4.78, 5) is 4.33.